The van der Waals surface area contributed by atoms with Crippen molar-refractivity contribution in [2.24, 2.45) is 0 Å². The van der Waals surface area contributed by atoms with E-state index in [9.17, 15) is 0 Å². The van der Waals surface area contributed by atoms with Crippen LogP contribution in [0.3, 0.4) is 0 Å². The molecule has 1 saturated heterocycles. The van der Waals surface area contributed by atoms with Crippen molar-refractivity contribution in [3.63, 3.8) is 0 Å². The normalized spacial score (nSPS) is 20.4. The highest BCUT2D eigenvalue weighted by Crippen LogP contribution is 2.31. The fraction of sp³-hybridized carbons (Fsp3) is 0.750. The summed E-state index contributed by atoms with van der Waals surface area (Å²) in [4.78, 5) is 11.6. The number of nitrogens with one attached hydrogen (secondary N) is 1. The number of anilines is 2. The highest BCUT2D eigenvalue weighted by Gasteiger charge is 2.38. The van der Waals surface area contributed by atoms with Gasteiger partial charge in [-0.25, -0.2) is 9.97 Å². The molecule has 5 heteroatoms. The van der Waals surface area contributed by atoms with E-state index in [1.807, 2.05) is 13.1 Å². The zero-order chi connectivity index (χ0) is 15.7. The van der Waals surface area contributed by atoms with Crippen LogP contribution >= 0.6 is 0 Å². The maximum absolute atomic E-state index is 6.15. The van der Waals surface area contributed by atoms with Gasteiger partial charge in [0, 0.05) is 32.6 Å². The first-order chi connectivity index (χ1) is 9.74. The number of hydrogen-bond donors (Lipinski definition) is 1. The van der Waals surface area contributed by atoms with Crippen molar-refractivity contribution in [2.45, 2.75) is 58.7 Å². The highest BCUT2D eigenvalue weighted by molar-refractivity contribution is 5.50. The summed E-state index contributed by atoms with van der Waals surface area (Å²) in [7, 11) is 1.90. The van der Waals surface area contributed by atoms with Gasteiger partial charge in [0.2, 0.25) is 0 Å². The Morgan fingerprint density at radius 1 is 1.19 bits per heavy atom. The predicted molar refractivity (Wildman–Crippen MR) is 87.0 cm³/mol. The van der Waals surface area contributed by atoms with Gasteiger partial charge in [0.25, 0.3) is 0 Å². The van der Waals surface area contributed by atoms with E-state index < -0.39 is 0 Å². The molecule has 1 aromatic heterocycles. The molecule has 1 N–H and O–H groups in total. The van der Waals surface area contributed by atoms with Crippen molar-refractivity contribution in [1.29, 1.82) is 0 Å². The molecule has 0 unspecified atom stereocenters. The number of nitrogens with zero attached hydrogens (tertiary/aromatic N) is 3. The number of aromatic nitrogens is 2. The Labute approximate surface area is 128 Å². The third kappa shape index (κ3) is 4.06. The Morgan fingerprint density at radius 2 is 1.81 bits per heavy atom. The second-order valence-electron chi connectivity index (χ2n) is 7.01. The monoisotopic (exact) mass is 292 g/mol. The van der Waals surface area contributed by atoms with Crippen molar-refractivity contribution < 1.29 is 4.74 Å². The third-order valence-electron chi connectivity index (χ3n) is 3.51. The van der Waals surface area contributed by atoms with Crippen molar-refractivity contribution in [2.75, 3.05) is 30.4 Å². The lowest BCUT2D eigenvalue weighted by atomic mass is 9.99. The Hall–Kier alpha value is -1.36. The molecule has 0 aliphatic carbocycles. The molecule has 0 atom stereocenters. The van der Waals surface area contributed by atoms with Crippen molar-refractivity contribution in [3.8, 4) is 0 Å². The summed E-state index contributed by atoms with van der Waals surface area (Å²) in [5, 5.41) is 3.14. The summed E-state index contributed by atoms with van der Waals surface area (Å²) < 4.78 is 6.15. The largest absolute Gasteiger partial charge is 0.373 e. The topological polar surface area (TPSA) is 50.3 Å². The number of ether oxygens (including phenoxy) is 1. The minimum Gasteiger partial charge on any atom is -0.373 e. The summed E-state index contributed by atoms with van der Waals surface area (Å²) >= 11 is 0. The average Bonchev–Trinajstić information content (AvgIpc) is 2.35. The smallest absolute Gasteiger partial charge is 0.134 e. The number of morpholine rings is 1. The maximum Gasteiger partial charge on any atom is 0.134 e. The molecule has 1 aromatic rings. The number of rotatable bonds is 4. The van der Waals surface area contributed by atoms with Crippen LogP contribution in [0.4, 0.5) is 11.6 Å². The fourth-order valence-corrected chi connectivity index (χ4v) is 3.06. The van der Waals surface area contributed by atoms with E-state index in [-0.39, 0.29) is 11.2 Å². The lowest BCUT2D eigenvalue weighted by Crippen LogP contribution is -2.57. The molecular formula is C16H28N4O. The van der Waals surface area contributed by atoms with Crippen LogP contribution in [0, 0.1) is 0 Å². The first-order valence-corrected chi connectivity index (χ1v) is 7.75. The van der Waals surface area contributed by atoms with Gasteiger partial charge < -0.3 is 15.0 Å². The second-order valence-corrected chi connectivity index (χ2v) is 7.01. The lowest BCUT2D eigenvalue weighted by Gasteiger charge is -2.47. The molecule has 118 valence electrons. The van der Waals surface area contributed by atoms with Crippen molar-refractivity contribution in [3.05, 3.63) is 11.9 Å². The van der Waals surface area contributed by atoms with Crippen LogP contribution in [-0.4, -0.2) is 41.3 Å². The molecule has 0 saturated carbocycles. The first kappa shape index (κ1) is 16.0. The maximum atomic E-state index is 6.15. The summed E-state index contributed by atoms with van der Waals surface area (Å²) in [5.41, 5.74) is -0.366. The van der Waals surface area contributed by atoms with Gasteiger partial charge >= 0.3 is 0 Å². The molecule has 2 rings (SSSR count). The zero-order valence-electron chi connectivity index (χ0n) is 14.2. The van der Waals surface area contributed by atoms with E-state index in [1.165, 1.54) is 0 Å². The van der Waals surface area contributed by atoms with Gasteiger partial charge in [-0.2, -0.15) is 0 Å². The molecule has 0 radical (unpaired) electrons. The fourth-order valence-electron chi connectivity index (χ4n) is 3.06. The first-order valence-electron chi connectivity index (χ1n) is 7.75. The van der Waals surface area contributed by atoms with Gasteiger partial charge in [-0.05, 0) is 34.1 Å². The Bertz CT molecular complexity index is 483. The van der Waals surface area contributed by atoms with E-state index in [2.05, 4.69) is 49.8 Å². The van der Waals surface area contributed by atoms with Gasteiger partial charge in [-0.15, -0.1) is 0 Å². The van der Waals surface area contributed by atoms with E-state index >= 15 is 0 Å². The van der Waals surface area contributed by atoms with Gasteiger partial charge in [0.1, 0.15) is 17.5 Å². The quantitative estimate of drug-likeness (QED) is 0.924. The molecule has 1 aliphatic rings. The minimum absolute atomic E-state index is 0.183. The van der Waals surface area contributed by atoms with Crippen LogP contribution in [0.1, 0.15) is 46.9 Å². The van der Waals surface area contributed by atoms with Crippen molar-refractivity contribution >= 4 is 11.6 Å². The Morgan fingerprint density at radius 3 is 2.33 bits per heavy atom. The molecule has 1 aliphatic heterocycles. The van der Waals surface area contributed by atoms with E-state index in [4.69, 9.17) is 9.72 Å². The molecule has 0 amide bonds. The SMILES string of the molecule is CCCc1nc(NC)cc(N2CC(C)(C)OC(C)(C)C2)n1. The van der Waals surface area contributed by atoms with Crippen LogP contribution in [-0.2, 0) is 11.2 Å². The van der Waals surface area contributed by atoms with E-state index in [0.29, 0.717) is 0 Å². The summed E-state index contributed by atoms with van der Waals surface area (Å²) in [6, 6.07) is 2.02. The van der Waals surface area contributed by atoms with Crippen molar-refractivity contribution in [1.82, 2.24) is 9.97 Å². The molecule has 2 heterocycles. The van der Waals surface area contributed by atoms with Crippen LogP contribution in [0.25, 0.3) is 0 Å². The molecule has 21 heavy (non-hydrogen) atoms. The van der Waals surface area contributed by atoms with E-state index in [0.717, 1.165) is 43.4 Å². The molecule has 5 nitrogen and oxygen atoms in total. The molecular weight excluding hydrogens is 264 g/mol. The van der Waals surface area contributed by atoms with E-state index in [1.54, 1.807) is 0 Å². The van der Waals surface area contributed by atoms with Gasteiger partial charge in [-0.3, -0.25) is 0 Å². The number of aryl methyl sites for hydroxylation is 1. The number of hydrogen-bond acceptors (Lipinski definition) is 5. The Balaban J connectivity index is 2.33. The molecule has 1 fully saturated rings. The van der Waals surface area contributed by atoms with Crippen LogP contribution in [0.5, 0.6) is 0 Å². The lowest BCUT2D eigenvalue weighted by molar-refractivity contribution is -0.133. The summed E-state index contributed by atoms with van der Waals surface area (Å²) in [5.74, 6) is 2.77. The zero-order valence-corrected chi connectivity index (χ0v) is 14.2. The van der Waals surface area contributed by atoms with Gasteiger partial charge in [-0.1, -0.05) is 6.92 Å². The van der Waals surface area contributed by atoms with Gasteiger partial charge in [0.05, 0.1) is 11.2 Å². The molecule has 0 aromatic carbocycles. The minimum atomic E-state index is -0.183. The highest BCUT2D eigenvalue weighted by atomic mass is 16.5. The summed E-state index contributed by atoms with van der Waals surface area (Å²) in [6.07, 6.45) is 1.95. The van der Waals surface area contributed by atoms with Crippen LogP contribution in [0.15, 0.2) is 6.07 Å². The molecule has 0 bridgehead atoms. The summed E-state index contributed by atoms with van der Waals surface area (Å²) in [6.45, 7) is 12.4. The van der Waals surface area contributed by atoms with Crippen LogP contribution in [0.2, 0.25) is 0 Å². The van der Waals surface area contributed by atoms with Gasteiger partial charge in [0.15, 0.2) is 0 Å². The standard InChI is InChI=1S/C16H28N4O/c1-7-8-12-18-13(17-6)9-14(19-12)20-10-15(2,3)21-16(4,5)11-20/h9H,7-8,10-11H2,1-6H3,(H,17,18,19). The van der Waals surface area contributed by atoms with Crippen LogP contribution < -0.4 is 10.2 Å². The second kappa shape index (κ2) is 5.79. The predicted octanol–water partition coefficient (Wildman–Crippen LogP) is 2.86. The third-order valence-corrected chi connectivity index (χ3v) is 3.51. The average molecular weight is 292 g/mol. The Kier molecular flexibility index (Phi) is 4.42. The molecule has 0 spiro atoms.